The van der Waals surface area contributed by atoms with Gasteiger partial charge < -0.3 is 4.74 Å². The molecule has 0 atom stereocenters. The van der Waals surface area contributed by atoms with Crippen LogP contribution < -0.4 is 0 Å². The Hall–Kier alpha value is -1.00. The van der Waals surface area contributed by atoms with Gasteiger partial charge in [0.05, 0.1) is 12.5 Å². The Morgan fingerprint density at radius 2 is 1.90 bits per heavy atom. The van der Waals surface area contributed by atoms with Gasteiger partial charge in [0.15, 0.2) is 0 Å². The van der Waals surface area contributed by atoms with Crippen molar-refractivity contribution in [3.05, 3.63) is 29.8 Å². The molecule has 116 valence electrons. The summed E-state index contributed by atoms with van der Waals surface area (Å²) in [6, 6.07) is 8.84. The molecule has 1 aliphatic heterocycles. The number of rotatable bonds is 6. The van der Waals surface area contributed by atoms with E-state index in [0.717, 1.165) is 38.2 Å². The predicted octanol–water partition coefficient (Wildman–Crippen LogP) is 3.57. The molecule has 0 N–H and O–H groups in total. The lowest BCUT2D eigenvalue weighted by atomic mass is 9.96. The molecule has 1 heterocycles. The van der Waals surface area contributed by atoms with Gasteiger partial charge in [0.1, 0.15) is 0 Å². The number of piperidine rings is 1. The minimum Gasteiger partial charge on any atom is -0.466 e. The zero-order valence-corrected chi connectivity index (χ0v) is 13.8. The highest BCUT2D eigenvalue weighted by atomic mass is 32.2. The number of carbonyl (C=O) groups excluding carboxylic acids is 1. The molecule has 0 aliphatic carbocycles. The van der Waals surface area contributed by atoms with Crippen molar-refractivity contribution in [2.75, 3.05) is 25.4 Å². The minimum absolute atomic E-state index is 0.0157. The number of thioether (sulfide) groups is 1. The summed E-state index contributed by atoms with van der Waals surface area (Å²) in [6.45, 7) is 7.47. The van der Waals surface area contributed by atoms with Crippen LogP contribution >= 0.6 is 11.8 Å². The molecule has 1 aliphatic rings. The van der Waals surface area contributed by atoms with Crippen molar-refractivity contribution in [3.8, 4) is 0 Å². The highest BCUT2D eigenvalue weighted by Gasteiger charge is 2.25. The van der Waals surface area contributed by atoms with Crippen molar-refractivity contribution >= 4 is 17.7 Å². The normalized spacial score (nSPS) is 16.9. The smallest absolute Gasteiger partial charge is 0.309 e. The summed E-state index contributed by atoms with van der Waals surface area (Å²) in [5, 5.41) is 0. The third-order valence-corrected chi connectivity index (χ3v) is 4.74. The Morgan fingerprint density at radius 3 is 2.48 bits per heavy atom. The molecule has 3 nitrogen and oxygen atoms in total. The number of esters is 1. The van der Waals surface area contributed by atoms with Crippen molar-refractivity contribution < 1.29 is 9.53 Å². The van der Waals surface area contributed by atoms with E-state index in [0.29, 0.717) is 6.61 Å². The fourth-order valence-corrected chi connectivity index (χ4v) is 3.36. The summed E-state index contributed by atoms with van der Waals surface area (Å²) in [7, 11) is 0. The maximum atomic E-state index is 11.7. The first kappa shape index (κ1) is 16.4. The second-order valence-corrected chi connectivity index (χ2v) is 6.72. The van der Waals surface area contributed by atoms with Crippen LogP contribution in [-0.2, 0) is 16.1 Å². The third kappa shape index (κ3) is 5.04. The summed E-state index contributed by atoms with van der Waals surface area (Å²) in [4.78, 5) is 15.5. The van der Waals surface area contributed by atoms with E-state index in [2.05, 4.69) is 36.1 Å². The standard InChI is InChI=1S/C17H25NO2S/c1-3-20-17(19)15-9-11-18(12-10-15)13-14-5-7-16(8-6-14)21-4-2/h5-8,15H,3-4,9-13H2,1-2H3. The lowest BCUT2D eigenvalue weighted by molar-refractivity contribution is -0.149. The zero-order chi connectivity index (χ0) is 15.1. The van der Waals surface area contributed by atoms with Crippen molar-refractivity contribution in [3.63, 3.8) is 0 Å². The molecule has 0 spiro atoms. The molecule has 1 aromatic carbocycles. The minimum atomic E-state index is -0.0157. The summed E-state index contributed by atoms with van der Waals surface area (Å²) >= 11 is 1.87. The van der Waals surface area contributed by atoms with Crippen molar-refractivity contribution in [2.45, 2.75) is 38.1 Å². The van der Waals surface area contributed by atoms with Crippen LogP contribution in [0.4, 0.5) is 0 Å². The predicted molar refractivity (Wildman–Crippen MR) is 87.5 cm³/mol. The molecular formula is C17H25NO2S. The van der Waals surface area contributed by atoms with Gasteiger partial charge in [0.25, 0.3) is 0 Å². The van der Waals surface area contributed by atoms with E-state index >= 15 is 0 Å². The first-order valence-corrected chi connectivity index (χ1v) is 8.82. The fraction of sp³-hybridized carbons (Fsp3) is 0.588. The van der Waals surface area contributed by atoms with E-state index in [1.54, 1.807) is 0 Å². The van der Waals surface area contributed by atoms with Crippen molar-refractivity contribution in [1.29, 1.82) is 0 Å². The van der Waals surface area contributed by atoms with E-state index in [9.17, 15) is 4.79 Å². The highest BCUT2D eigenvalue weighted by molar-refractivity contribution is 7.99. The largest absolute Gasteiger partial charge is 0.466 e. The fourth-order valence-electron chi connectivity index (χ4n) is 2.70. The Bertz CT molecular complexity index is 439. The number of likely N-dealkylation sites (tertiary alicyclic amines) is 1. The van der Waals surface area contributed by atoms with Gasteiger partial charge in [-0.25, -0.2) is 0 Å². The van der Waals surface area contributed by atoms with Gasteiger partial charge in [-0.1, -0.05) is 19.1 Å². The van der Waals surface area contributed by atoms with Gasteiger partial charge in [-0.3, -0.25) is 9.69 Å². The summed E-state index contributed by atoms with van der Waals surface area (Å²) in [6.07, 6.45) is 1.84. The van der Waals surface area contributed by atoms with Crippen LogP contribution in [0.25, 0.3) is 0 Å². The van der Waals surface area contributed by atoms with E-state index in [1.165, 1.54) is 10.5 Å². The Kier molecular flexibility index (Phi) is 6.58. The first-order valence-electron chi connectivity index (χ1n) is 7.83. The van der Waals surface area contributed by atoms with Crippen LogP contribution in [0.3, 0.4) is 0 Å². The molecule has 0 saturated carbocycles. The van der Waals surface area contributed by atoms with E-state index in [1.807, 2.05) is 18.7 Å². The Balaban J connectivity index is 1.79. The third-order valence-electron chi connectivity index (χ3n) is 3.85. The zero-order valence-electron chi connectivity index (χ0n) is 13.0. The van der Waals surface area contributed by atoms with Gasteiger partial charge >= 0.3 is 5.97 Å². The van der Waals surface area contributed by atoms with Gasteiger partial charge in [-0.15, -0.1) is 11.8 Å². The molecule has 0 bridgehead atoms. The molecule has 21 heavy (non-hydrogen) atoms. The van der Waals surface area contributed by atoms with Gasteiger partial charge in [-0.2, -0.15) is 0 Å². The van der Waals surface area contributed by atoms with Crippen LogP contribution in [0.1, 0.15) is 32.3 Å². The molecule has 4 heteroatoms. The molecule has 0 radical (unpaired) electrons. The molecule has 0 amide bonds. The van der Waals surface area contributed by atoms with E-state index < -0.39 is 0 Å². The van der Waals surface area contributed by atoms with Crippen LogP contribution in [0, 0.1) is 5.92 Å². The lowest BCUT2D eigenvalue weighted by Crippen LogP contribution is -2.36. The molecule has 2 rings (SSSR count). The van der Waals surface area contributed by atoms with Gasteiger partial charge in [0.2, 0.25) is 0 Å². The van der Waals surface area contributed by atoms with E-state index in [-0.39, 0.29) is 11.9 Å². The number of benzene rings is 1. The summed E-state index contributed by atoms with van der Waals surface area (Å²) < 4.78 is 5.11. The maximum absolute atomic E-state index is 11.7. The molecule has 1 saturated heterocycles. The van der Waals surface area contributed by atoms with Crippen LogP contribution in [-0.4, -0.2) is 36.3 Å². The molecule has 1 fully saturated rings. The average Bonchev–Trinajstić information content (AvgIpc) is 2.50. The molecule has 0 aromatic heterocycles. The first-order chi connectivity index (χ1) is 10.2. The van der Waals surface area contributed by atoms with Crippen LogP contribution in [0.2, 0.25) is 0 Å². The van der Waals surface area contributed by atoms with Crippen molar-refractivity contribution in [2.24, 2.45) is 5.92 Å². The van der Waals surface area contributed by atoms with Crippen LogP contribution in [0.15, 0.2) is 29.2 Å². The monoisotopic (exact) mass is 307 g/mol. The second kappa shape index (κ2) is 8.44. The lowest BCUT2D eigenvalue weighted by Gasteiger charge is -2.30. The SMILES string of the molecule is CCOC(=O)C1CCN(Cc2ccc(SCC)cc2)CC1. The summed E-state index contributed by atoms with van der Waals surface area (Å²) in [5.41, 5.74) is 1.35. The van der Waals surface area contributed by atoms with Crippen LogP contribution in [0.5, 0.6) is 0 Å². The topological polar surface area (TPSA) is 29.5 Å². The number of carbonyl (C=O) groups is 1. The Morgan fingerprint density at radius 1 is 1.24 bits per heavy atom. The number of hydrogen-bond donors (Lipinski definition) is 0. The highest BCUT2D eigenvalue weighted by Crippen LogP contribution is 2.22. The second-order valence-electron chi connectivity index (χ2n) is 5.38. The molecular weight excluding hydrogens is 282 g/mol. The summed E-state index contributed by atoms with van der Waals surface area (Å²) in [5.74, 6) is 1.20. The maximum Gasteiger partial charge on any atom is 0.309 e. The number of hydrogen-bond acceptors (Lipinski definition) is 4. The Labute approximate surface area is 132 Å². The molecule has 1 aromatic rings. The number of ether oxygens (including phenoxy) is 1. The van der Waals surface area contributed by atoms with Crippen molar-refractivity contribution in [1.82, 2.24) is 4.90 Å². The molecule has 0 unspecified atom stereocenters. The van der Waals surface area contributed by atoms with Gasteiger partial charge in [-0.05, 0) is 56.3 Å². The quantitative estimate of drug-likeness (QED) is 0.593. The number of nitrogens with zero attached hydrogens (tertiary/aromatic N) is 1. The average molecular weight is 307 g/mol. The van der Waals surface area contributed by atoms with Gasteiger partial charge in [0, 0.05) is 11.4 Å². The van der Waals surface area contributed by atoms with E-state index in [4.69, 9.17) is 4.74 Å².